The van der Waals surface area contributed by atoms with Gasteiger partial charge in [-0.25, -0.2) is 4.79 Å². The maximum Gasteiger partial charge on any atom is 0.344 e. The molecule has 0 aliphatic carbocycles. The van der Waals surface area contributed by atoms with Gasteiger partial charge in [0.05, 0.1) is 10.9 Å². The van der Waals surface area contributed by atoms with Crippen LogP contribution in [0, 0.1) is 0 Å². The number of hydrogen-bond donors (Lipinski definition) is 2. The van der Waals surface area contributed by atoms with Crippen LogP contribution in [0.15, 0.2) is 45.6 Å². The minimum Gasteiger partial charge on any atom is -0.508 e. The van der Waals surface area contributed by atoms with Crippen LogP contribution in [0.5, 0.6) is 5.75 Å². The predicted molar refractivity (Wildman–Crippen MR) is 93.0 cm³/mol. The lowest BCUT2D eigenvalue weighted by molar-refractivity contribution is 0.473. The summed E-state index contributed by atoms with van der Waals surface area (Å²) in [4.78, 5) is 12.6. The number of allylic oxidation sites excluding steroid dienone is 1. The lowest BCUT2D eigenvalue weighted by Crippen LogP contribution is -2.31. The van der Waals surface area contributed by atoms with Gasteiger partial charge in [-0.15, -0.1) is 0 Å². The molecule has 0 atom stereocenters. The maximum atomic E-state index is 12.6. The van der Waals surface area contributed by atoms with E-state index >= 15 is 0 Å². The first-order chi connectivity index (χ1) is 10.9. The van der Waals surface area contributed by atoms with E-state index in [0.717, 1.165) is 27.6 Å². The summed E-state index contributed by atoms with van der Waals surface area (Å²) in [6.07, 6.45) is 2.12. The van der Waals surface area contributed by atoms with Crippen LogP contribution in [0.2, 0.25) is 0 Å². The molecule has 0 fully saturated rings. The summed E-state index contributed by atoms with van der Waals surface area (Å²) in [6.45, 7) is 6.20. The number of benzene rings is 2. The van der Waals surface area contributed by atoms with E-state index in [-0.39, 0.29) is 16.9 Å². The molecular formula is C19H17NO3. The fourth-order valence-corrected chi connectivity index (χ4v) is 3.52. The second-order valence-corrected chi connectivity index (χ2v) is 6.65. The monoisotopic (exact) mass is 307 g/mol. The van der Waals surface area contributed by atoms with Crippen molar-refractivity contribution in [3.8, 4) is 5.75 Å². The van der Waals surface area contributed by atoms with Gasteiger partial charge in [-0.1, -0.05) is 12.1 Å². The van der Waals surface area contributed by atoms with Crippen LogP contribution in [0.4, 0.5) is 5.69 Å². The molecule has 1 aromatic heterocycles. The quantitative estimate of drug-likeness (QED) is 0.481. The number of aromatic hydroxyl groups is 1. The number of phenols is 1. The van der Waals surface area contributed by atoms with Gasteiger partial charge in [0, 0.05) is 28.1 Å². The van der Waals surface area contributed by atoms with Gasteiger partial charge in [0.1, 0.15) is 11.3 Å². The third-order valence-corrected chi connectivity index (χ3v) is 4.30. The molecule has 2 N–H and O–H groups in total. The first kappa shape index (κ1) is 13.9. The van der Waals surface area contributed by atoms with Crippen LogP contribution in [-0.4, -0.2) is 10.6 Å². The minimum absolute atomic E-state index is 0.0810. The van der Waals surface area contributed by atoms with E-state index in [1.807, 2.05) is 19.1 Å². The third kappa shape index (κ3) is 2.02. The fraction of sp³-hybridized carbons (Fsp3) is 0.211. The van der Waals surface area contributed by atoms with E-state index in [0.29, 0.717) is 11.0 Å². The largest absolute Gasteiger partial charge is 0.508 e. The summed E-state index contributed by atoms with van der Waals surface area (Å²) < 4.78 is 5.45. The van der Waals surface area contributed by atoms with E-state index in [2.05, 4.69) is 25.2 Å². The zero-order chi connectivity index (χ0) is 16.4. The summed E-state index contributed by atoms with van der Waals surface area (Å²) in [5, 5.41) is 15.3. The lowest BCUT2D eigenvalue weighted by Gasteiger charge is -2.31. The van der Waals surface area contributed by atoms with Crippen LogP contribution in [0.3, 0.4) is 0 Å². The van der Waals surface area contributed by atoms with Crippen LogP contribution >= 0.6 is 0 Å². The van der Waals surface area contributed by atoms with Crippen LogP contribution in [0.1, 0.15) is 26.3 Å². The van der Waals surface area contributed by atoms with Crippen molar-refractivity contribution >= 4 is 33.0 Å². The first-order valence-corrected chi connectivity index (χ1v) is 7.56. The summed E-state index contributed by atoms with van der Waals surface area (Å²) >= 11 is 0. The zero-order valence-corrected chi connectivity index (χ0v) is 13.2. The van der Waals surface area contributed by atoms with Gasteiger partial charge in [-0.3, -0.25) is 0 Å². The van der Waals surface area contributed by atoms with Crippen molar-refractivity contribution in [2.75, 3.05) is 5.32 Å². The SMILES string of the molecule is CC1=CC(C)(C)Nc2ccc3c(c21)c(=O)oc1cc(O)ccc13. The van der Waals surface area contributed by atoms with E-state index in [1.54, 1.807) is 12.1 Å². The highest BCUT2D eigenvalue weighted by atomic mass is 16.4. The molecule has 1 aliphatic rings. The molecule has 23 heavy (non-hydrogen) atoms. The van der Waals surface area contributed by atoms with Crippen molar-refractivity contribution in [1.82, 2.24) is 0 Å². The first-order valence-electron chi connectivity index (χ1n) is 7.56. The third-order valence-electron chi connectivity index (χ3n) is 4.30. The molecule has 0 unspecified atom stereocenters. The highest BCUT2D eigenvalue weighted by molar-refractivity contribution is 6.10. The van der Waals surface area contributed by atoms with Crippen molar-refractivity contribution < 1.29 is 9.52 Å². The Morgan fingerprint density at radius 1 is 1.13 bits per heavy atom. The molecule has 4 heteroatoms. The second kappa shape index (κ2) is 4.38. The molecule has 0 saturated carbocycles. The normalized spacial score (nSPS) is 16.0. The molecule has 4 rings (SSSR count). The van der Waals surface area contributed by atoms with Crippen LogP contribution in [-0.2, 0) is 0 Å². The average Bonchev–Trinajstić information content (AvgIpc) is 2.45. The van der Waals surface area contributed by atoms with Gasteiger partial charge in [0.15, 0.2) is 0 Å². The second-order valence-electron chi connectivity index (χ2n) is 6.65. The Kier molecular flexibility index (Phi) is 2.64. The predicted octanol–water partition coefficient (Wildman–Crippen LogP) is 4.26. The summed E-state index contributed by atoms with van der Waals surface area (Å²) in [7, 11) is 0. The standard InChI is InChI=1S/C19H17NO3/c1-10-9-19(2,3)20-14-7-6-13-12-5-4-11(21)8-15(12)23-18(22)17(13)16(10)14/h4-9,20-21H,1-3H3. The molecule has 0 spiro atoms. The van der Waals surface area contributed by atoms with E-state index < -0.39 is 0 Å². The van der Waals surface area contributed by atoms with Gasteiger partial charge in [-0.05, 0) is 44.5 Å². The highest BCUT2D eigenvalue weighted by Crippen LogP contribution is 2.39. The number of anilines is 1. The number of rotatable bonds is 0. The molecule has 1 aliphatic heterocycles. The van der Waals surface area contributed by atoms with Gasteiger partial charge in [-0.2, -0.15) is 0 Å². The smallest absolute Gasteiger partial charge is 0.344 e. The van der Waals surface area contributed by atoms with Crippen molar-refractivity contribution in [2.24, 2.45) is 0 Å². The van der Waals surface area contributed by atoms with Crippen molar-refractivity contribution in [2.45, 2.75) is 26.3 Å². The Morgan fingerprint density at radius 3 is 2.65 bits per heavy atom. The number of phenolic OH excluding ortho intramolecular Hbond substituents is 1. The Morgan fingerprint density at radius 2 is 1.87 bits per heavy atom. The number of fused-ring (bicyclic) bond motifs is 5. The van der Waals surface area contributed by atoms with E-state index in [4.69, 9.17) is 4.42 Å². The summed E-state index contributed by atoms with van der Waals surface area (Å²) in [6, 6.07) is 8.79. The topological polar surface area (TPSA) is 62.5 Å². The van der Waals surface area contributed by atoms with Crippen molar-refractivity contribution in [3.05, 3.63) is 52.4 Å². The molecule has 0 amide bonds. The van der Waals surface area contributed by atoms with Gasteiger partial charge in [0.25, 0.3) is 0 Å². The number of hydrogen-bond acceptors (Lipinski definition) is 4. The fourth-order valence-electron chi connectivity index (χ4n) is 3.52. The molecular weight excluding hydrogens is 290 g/mol. The lowest BCUT2D eigenvalue weighted by atomic mass is 9.88. The zero-order valence-electron chi connectivity index (χ0n) is 13.2. The molecule has 116 valence electrons. The molecule has 0 bridgehead atoms. The number of nitrogens with one attached hydrogen (secondary N) is 1. The molecule has 3 aromatic rings. The Bertz CT molecular complexity index is 1060. The molecule has 0 radical (unpaired) electrons. The van der Waals surface area contributed by atoms with Gasteiger partial charge >= 0.3 is 5.63 Å². The Hall–Kier alpha value is -2.75. The van der Waals surface area contributed by atoms with Crippen LogP contribution < -0.4 is 10.9 Å². The summed E-state index contributed by atoms with van der Waals surface area (Å²) in [5.74, 6) is 0.0810. The van der Waals surface area contributed by atoms with Crippen molar-refractivity contribution in [3.63, 3.8) is 0 Å². The average molecular weight is 307 g/mol. The maximum absolute atomic E-state index is 12.6. The van der Waals surface area contributed by atoms with E-state index in [9.17, 15) is 9.90 Å². The highest BCUT2D eigenvalue weighted by Gasteiger charge is 2.25. The van der Waals surface area contributed by atoms with Gasteiger partial charge in [0.2, 0.25) is 0 Å². The molecule has 0 saturated heterocycles. The minimum atomic E-state index is -0.385. The molecule has 2 aromatic carbocycles. The molecule has 2 heterocycles. The Balaban J connectivity index is 2.18. The van der Waals surface area contributed by atoms with Crippen LogP contribution in [0.25, 0.3) is 27.3 Å². The Labute approximate surface area is 133 Å². The molecule has 4 nitrogen and oxygen atoms in total. The van der Waals surface area contributed by atoms with Gasteiger partial charge < -0.3 is 14.8 Å². The van der Waals surface area contributed by atoms with E-state index in [1.165, 1.54) is 6.07 Å². The summed E-state index contributed by atoms with van der Waals surface area (Å²) in [5.41, 5.74) is 2.74. The van der Waals surface area contributed by atoms with Crippen molar-refractivity contribution in [1.29, 1.82) is 0 Å².